The van der Waals surface area contributed by atoms with Crippen LogP contribution in [0.25, 0.3) is 0 Å². The first-order chi connectivity index (χ1) is 17.6. The first-order valence-electron chi connectivity index (χ1n) is 13.0. The maximum atomic E-state index is 13.5. The third kappa shape index (κ3) is 8.06. The van der Waals surface area contributed by atoms with Gasteiger partial charge in [0, 0.05) is 32.6 Å². The van der Waals surface area contributed by atoms with Crippen LogP contribution in [0.5, 0.6) is 0 Å². The van der Waals surface area contributed by atoms with Gasteiger partial charge < -0.3 is 26.4 Å². The van der Waals surface area contributed by atoms with Gasteiger partial charge in [0.1, 0.15) is 10.9 Å². The van der Waals surface area contributed by atoms with Crippen LogP contribution in [0, 0.1) is 11.8 Å². The van der Waals surface area contributed by atoms with Crippen LogP contribution in [0.3, 0.4) is 0 Å². The summed E-state index contributed by atoms with van der Waals surface area (Å²) in [6.45, 7) is 6.12. The molecule has 0 aliphatic carbocycles. The van der Waals surface area contributed by atoms with Crippen LogP contribution >= 0.6 is 0 Å². The third-order valence-corrected chi connectivity index (χ3v) is 8.35. The number of likely N-dealkylation sites (tertiary alicyclic amines) is 1. The molecule has 0 spiro atoms. The number of benzene rings is 1. The molecule has 0 bridgehead atoms. The Kier molecular flexibility index (Phi) is 10.2. The number of nitrogens with one attached hydrogen (secondary N) is 2. The summed E-state index contributed by atoms with van der Waals surface area (Å²) in [5.41, 5.74) is 12.4. The smallest absolute Gasteiger partial charge is 0.305 e. The van der Waals surface area contributed by atoms with Crippen molar-refractivity contribution in [1.29, 1.82) is 0 Å². The molecule has 11 nitrogen and oxygen atoms in total. The summed E-state index contributed by atoms with van der Waals surface area (Å²) < 4.78 is 35.0. The number of nitrogens with zero attached hydrogens (tertiary/aromatic N) is 2. The fourth-order valence-electron chi connectivity index (χ4n) is 4.74. The standard InChI is InChI=1S/C25H40N6O5S/c1-3-22(32)36-16-18-9-12-31(13-10-18)24(33)20(7-5-11-28-25(26)27)30-37(34,35)21-8-4-6-19-14-17(2)15-29-23(19)21/h4,6,8,17-18,20,29-30H,3,5,7,9-16H2,1-2H3,(H4,26,27,28)/t17?,20-/m0/s1. The van der Waals surface area contributed by atoms with Crippen molar-refractivity contribution >= 4 is 33.5 Å². The van der Waals surface area contributed by atoms with Gasteiger partial charge in [-0.3, -0.25) is 14.6 Å². The van der Waals surface area contributed by atoms with Gasteiger partial charge in [-0.2, -0.15) is 4.72 Å². The largest absolute Gasteiger partial charge is 0.465 e. The molecule has 12 heteroatoms. The second kappa shape index (κ2) is 13.1. The number of aliphatic imine (C=N–C) groups is 1. The molecule has 1 amide bonds. The van der Waals surface area contributed by atoms with Crippen molar-refractivity contribution in [3.8, 4) is 0 Å². The summed E-state index contributed by atoms with van der Waals surface area (Å²) >= 11 is 0. The molecule has 206 valence electrons. The lowest BCUT2D eigenvalue weighted by molar-refractivity contribution is -0.146. The maximum Gasteiger partial charge on any atom is 0.305 e. The van der Waals surface area contributed by atoms with Gasteiger partial charge in [0.2, 0.25) is 15.9 Å². The predicted molar refractivity (Wildman–Crippen MR) is 142 cm³/mol. The highest BCUT2D eigenvalue weighted by molar-refractivity contribution is 7.89. The molecule has 0 radical (unpaired) electrons. The first-order valence-corrected chi connectivity index (χ1v) is 14.5. The van der Waals surface area contributed by atoms with E-state index in [9.17, 15) is 18.0 Å². The number of carbonyl (C=O) groups is 2. The van der Waals surface area contributed by atoms with Gasteiger partial charge >= 0.3 is 5.97 Å². The molecule has 2 atom stereocenters. The Bertz CT molecular complexity index is 1080. The molecule has 2 aliphatic heterocycles. The molecule has 6 N–H and O–H groups in total. The van der Waals surface area contributed by atoms with Crippen molar-refractivity contribution in [2.75, 3.05) is 38.1 Å². The first kappa shape index (κ1) is 28.7. The average molecular weight is 537 g/mol. The number of rotatable bonds is 11. The van der Waals surface area contributed by atoms with E-state index < -0.39 is 16.1 Å². The van der Waals surface area contributed by atoms with Crippen LogP contribution in [0.15, 0.2) is 28.1 Å². The van der Waals surface area contributed by atoms with E-state index in [2.05, 4.69) is 22.0 Å². The Morgan fingerprint density at radius 1 is 1.27 bits per heavy atom. The zero-order chi connectivity index (χ0) is 27.0. The van der Waals surface area contributed by atoms with Crippen LogP contribution in [-0.2, 0) is 30.8 Å². The highest BCUT2D eigenvalue weighted by Gasteiger charge is 2.33. The van der Waals surface area contributed by atoms with Gasteiger partial charge in [0.05, 0.1) is 12.3 Å². The number of para-hydroxylation sites is 1. The van der Waals surface area contributed by atoms with Crippen molar-refractivity contribution in [1.82, 2.24) is 9.62 Å². The lowest BCUT2D eigenvalue weighted by Gasteiger charge is -2.34. The molecule has 1 aromatic rings. The van der Waals surface area contributed by atoms with Crippen molar-refractivity contribution in [3.63, 3.8) is 0 Å². The maximum absolute atomic E-state index is 13.5. The fraction of sp³-hybridized carbons (Fsp3) is 0.640. The zero-order valence-corrected chi connectivity index (χ0v) is 22.6. The molecule has 37 heavy (non-hydrogen) atoms. The van der Waals surface area contributed by atoms with Gasteiger partial charge in [-0.15, -0.1) is 0 Å². The van der Waals surface area contributed by atoms with Gasteiger partial charge in [-0.1, -0.05) is 26.0 Å². The molecule has 0 aromatic heterocycles. The number of anilines is 1. The molecule has 1 saturated heterocycles. The quantitative estimate of drug-likeness (QED) is 0.141. The van der Waals surface area contributed by atoms with Crippen molar-refractivity contribution in [2.24, 2.45) is 28.3 Å². The molecular weight excluding hydrogens is 496 g/mol. The van der Waals surface area contributed by atoms with E-state index in [-0.39, 0.29) is 35.1 Å². The van der Waals surface area contributed by atoms with E-state index in [4.69, 9.17) is 16.2 Å². The van der Waals surface area contributed by atoms with Gasteiger partial charge in [0.15, 0.2) is 5.96 Å². The number of esters is 1. The molecule has 0 saturated carbocycles. The van der Waals surface area contributed by atoms with Crippen molar-refractivity contribution in [3.05, 3.63) is 23.8 Å². The van der Waals surface area contributed by atoms with Crippen LogP contribution in [0.2, 0.25) is 0 Å². The number of amides is 1. The molecule has 1 aromatic carbocycles. The lowest BCUT2D eigenvalue weighted by atomic mass is 9.96. The minimum absolute atomic E-state index is 0.0504. The molecule has 3 rings (SSSR count). The Morgan fingerprint density at radius 3 is 2.68 bits per heavy atom. The number of sulfonamides is 1. The van der Waals surface area contributed by atoms with Crippen LogP contribution in [0.1, 0.15) is 51.5 Å². The molecule has 1 fully saturated rings. The monoisotopic (exact) mass is 536 g/mol. The summed E-state index contributed by atoms with van der Waals surface area (Å²) in [6.07, 6.45) is 3.17. The number of nitrogens with two attached hydrogens (primary N) is 2. The fourth-order valence-corrected chi connectivity index (χ4v) is 6.19. The zero-order valence-electron chi connectivity index (χ0n) is 21.7. The average Bonchev–Trinajstić information content (AvgIpc) is 2.88. The lowest BCUT2D eigenvalue weighted by Crippen LogP contribution is -2.51. The van der Waals surface area contributed by atoms with Crippen LogP contribution < -0.4 is 21.5 Å². The minimum atomic E-state index is -3.99. The van der Waals surface area contributed by atoms with Gasteiger partial charge in [0.25, 0.3) is 0 Å². The Labute approximate surface area is 219 Å². The van der Waals surface area contributed by atoms with E-state index in [1.807, 2.05) is 6.07 Å². The number of fused-ring (bicyclic) bond motifs is 1. The molecule has 1 unspecified atom stereocenters. The predicted octanol–water partition coefficient (Wildman–Crippen LogP) is 1.18. The van der Waals surface area contributed by atoms with Crippen LogP contribution in [-0.4, -0.2) is 70.0 Å². The summed E-state index contributed by atoms with van der Waals surface area (Å²) in [6, 6.07) is 4.27. The second-order valence-electron chi connectivity index (χ2n) is 9.91. The third-order valence-electron chi connectivity index (χ3n) is 6.83. The summed E-state index contributed by atoms with van der Waals surface area (Å²) in [5.74, 6) is 0.0209. The Hall–Kier alpha value is -2.86. The topological polar surface area (TPSA) is 169 Å². The van der Waals surface area contributed by atoms with E-state index >= 15 is 0 Å². The summed E-state index contributed by atoms with van der Waals surface area (Å²) in [7, 11) is -3.99. The van der Waals surface area contributed by atoms with E-state index in [1.165, 1.54) is 0 Å². The van der Waals surface area contributed by atoms with Crippen LogP contribution in [0.4, 0.5) is 5.69 Å². The minimum Gasteiger partial charge on any atom is -0.465 e. The van der Waals surface area contributed by atoms with E-state index in [1.54, 1.807) is 24.0 Å². The van der Waals surface area contributed by atoms with E-state index in [0.717, 1.165) is 12.0 Å². The normalized spacial score (nSPS) is 18.9. The Morgan fingerprint density at radius 2 is 2.00 bits per heavy atom. The van der Waals surface area contributed by atoms with E-state index in [0.29, 0.717) is 70.1 Å². The number of carbonyl (C=O) groups excluding carboxylic acids is 2. The summed E-state index contributed by atoms with van der Waals surface area (Å²) in [5, 5.41) is 3.25. The number of hydrogen-bond donors (Lipinski definition) is 4. The Balaban J connectivity index is 1.72. The number of hydrogen-bond acceptors (Lipinski definition) is 7. The van der Waals surface area contributed by atoms with Gasteiger partial charge in [-0.25, -0.2) is 8.42 Å². The number of piperidine rings is 1. The molecule has 2 aliphatic rings. The summed E-state index contributed by atoms with van der Waals surface area (Å²) in [4.78, 5) is 30.8. The highest BCUT2D eigenvalue weighted by atomic mass is 32.2. The molecular formula is C25H40N6O5S. The highest BCUT2D eigenvalue weighted by Crippen LogP contribution is 2.31. The van der Waals surface area contributed by atoms with Gasteiger partial charge in [-0.05, 0) is 55.6 Å². The SMILES string of the molecule is CCC(=O)OCC1CCN(C(=O)[C@H](CCCN=C(N)N)NS(=O)(=O)c2cccc3c2NCC(C)C3)CC1. The second-order valence-corrected chi connectivity index (χ2v) is 11.6. The van der Waals surface area contributed by atoms with Crippen molar-refractivity contribution in [2.45, 2.75) is 63.3 Å². The number of ether oxygens (including phenoxy) is 1. The van der Waals surface area contributed by atoms with Crippen molar-refractivity contribution < 1.29 is 22.7 Å². The number of guanidine groups is 1. The molecule has 2 heterocycles.